The summed E-state index contributed by atoms with van der Waals surface area (Å²) in [6, 6.07) is 7.28. The van der Waals surface area contributed by atoms with Gasteiger partial charge in [-0.1, -0.05) is 12.1 Å². The van der Waals surface area contributed by atoms with Crippen molar-refractivity contribution in [2.24, 2.45) is 10.2 Å². The van der Waals surface area contributed by atoms with Gasteiger partial charge < -0.3 is 5.11 Å². The Labute approximate surface area is 65.4 Å². The molecule has 3 heteroatoms. The zero-order valence-corrected chi connectivity index (χ0v) is 6.36. The normalized spacial score (nSPS) is 10.7. The van der Waals surface area contributed by atoms with Crippen molar-refractivity contribution in [2.75, 3.05) is 7.05 Å². The quantitative estimate of drug-likeness (QED) is 0.643. The number of nitrogens with zero attached hydrogens (tertiary/aromatic N) is 2. The molecule has 0 radical (unpaired) electrons. The SMILES string of the molecule is C/N=N/c1ccc(CO)cc1. The molecule has 0 saturated heterocycles. The first-order valence-electron chi connectivity index (χ1n) is 3.36. The van der Waals surface area contributed by atoms with Gasteiger partial charge >= 0.3 is 0 Å². The Balaban J connectivity index is 2.82. The Bertz CT molecular complexity index is 241. The highest BCUT2D eigenvalue weighted by molar-refractivity contribution is 5.37. The summed E-state index contributed by atoms with van der Waals surface area (Å²) in [6.45, 7) is 0.0730. The van der Waals surface area contributed by atoms with Gasteiger partial charge in [0.1, 0.15) is 0 Å². The number of azo groups is 1. The van der Waals surface area contributed by atoms with Gasteiger partial charge in [-0.15, -0.1) is 0 Å². The van der Waals surface area contributed by atoms with Gasteiger partial charge in [0.25, 0.3) is 0 Å². The summed E-state index contributed by atoms with van der Waals surface area (Å²) in [7, 11) is 1.62. The van der Waals surface area contributed by atoms with Crippen LogP contribution >= 0.6 is 0 Å². The highest BCUT2D eigenvalue weighted by Gasteiger charge is 1.89. The molecule has 3 nitrogen and oxygen atoms in total. The lowest BCUT2D eigenvalue weighted by Crippen LogP contribution is -1.79. The lowest BCUT2D eigenvalue weighted by atomic mass is 10.2. The highest BCUT2D eigenvalue weighted by Crippen LogP contribution is 2.12. The maximum absolute atomic E-state index is 8.70. The summed E-state index contributed by atoms with van der Waals surface area (Å²) < 4.78 is 0. The molecule has 0 aliphatic heterocycles. The van der Waals surface area contributed by atoms with E-state index in [-0.39, 0.29) is 6.61 Å². The largest absolute Gasteiger partial charge is 0.392 e. The molecule has 0 spiro atoms. The van der Waals surface area contributed by atoms with E-state index in [9.17, 15) is 0 Å². The van der Waals surface area contributed by atoms with E-state index in [0.717, 1.165) is 11.3 Å². The molecule has 0 amide bonds. The van der Waals surface area contributed by atoms with Crippen molar-refractivity contribution < 1.29 is 5.11 Å². The minimum atomic E-state index is 0.0730. The van der Waals surface area contributed by atoms with Gasteiger partial charge in [-0.05, 0) is 17.7 Å². The van der Waals surface area contributed by atoms with E-state index in [1.807, 2.05) is 24.3 Å². The van der Waals surface area contributed by atoms with Crippen LogP contribution in [-0.4, -0.2) is 12.2 Å². The third-order valence-electron chi connectivity index (χ3n) is 1.33. The topological polar surface area (TPSA) is 45.0 Å². The summed E-state index contributed by atoms with van der Waals surface area (Å²) in [5.74, 6) is 0. The van der Waals surface area contributed by atoms with E-state index in [1.165, 1.54) is 0 Å². The number of hydrogen-bond acceptors (Lipinski definition) is 3. The highest BCUT2D eigenvalue weighted by atomic mass is 16.3. The second kappa shape index (κ2) is 3.83. The molecule has 0 heterocycles. The second-order valence-electron chi connectivity index (χ2n) is 2.12. The van der Waals surface area contributed by atoms with Crippen LogP contribution in [0, 0.1) is 0 Å². The summed E-state index contributed by atoms with van der Waals surface area (Å²) in [4.78, 5) is 0. The van der Waals surface area contributed by atoms with Gasteiger partial charge in [0.15, 0.2) is 0 Å². The Kier molecular flexibility index (Phi) is 2.74. The summed E-state index contributed by atoms with van der Waals surface area (Å²) in [5.41, 5.74) is 1.70. The molecule has 1 aromatic carbocycles. The van der Waals surface area contributed by atoms with Crippen molar-refractivity contribution in [3.63, 3.8) is 0 Å². The molecular formula is C8H10N2O. The Morgan fingerprint density at radius 3 is 2.36 bits per heavy atom. The minimum absolute atomic E-state index is 0.0730. The standard InChI is InChI=1S/C8H10N2O/c1-9-10-8-4-2-7(6-11)3-5-8/h2-5,11H,6H2,1H3/b10-9+. The van der Waals surface area contributed by atoms with Crippen molar-refractivity contribution in [1.29, 1.82) is 0 Å². The van der Waals surface area contributed by atoms with Gasteiger partial charge in [-0.2, -0.15) is 10.2 Å². The summed E-state index contributed by atoms with van der Waals surface area (Å²) in [6.07, 6.45) is 0. The third-order valence-corrected chi connectivity index (χ3v) is 1.33. The second-order valence-corrected chi connectivity index (χ2v) is 2.12. The lowest BCUT2D eigenvalue weighted by molar-refractivity contribution is 0.282. The molecule has 0 saturated carbocycles. The molecule has 0 unspecified atom stereocenters. The van der Waals surface area contributed by atoms with Crippen molar-refractivity contribution in [1.82, 2.24) is 0 Å². The van der Waals surface area contributed by atoms with Gasteiger partial charge in [-0.25, -0.2) is 0 Å². The number of aliphatic hydroxyl groups is 1. The van der Waals surface area contributed by atoms with Crippen LogP contribution < -0.4 is 0 Å². The average molecular weight is 150 g/mol. The number of benzene rings is 1. The molecule has 11 heavy (non-hydrogen) atoms. The molecule has 1 rings (SSSR count). The molecule has 0 aliphatic rings. The van der Waals surface area contributed by atoms with Crippen LogP contribution in [0.5, 0.6) is 0 Å². The Morgan fingerprint density at radius 2 is 1.91 bits per heavy atom. The van der Waals surface area contributed by atoms with Crippen molar-refractivity contribution in [3.05, 3.63) is 29.8 Å². The molecule has 0 aromatic heterocycles. The fourth-order valence-corrected chi connectivity index (χ4v) is 0.783. The maximum Gasteiger partial charge on any atom is 0.0852 e. The monoisotopic (exact) mass is 150 g/mol. The number of rotatable bonds is 2. The Hall–Kier alpha value is -1.22. The average Bonchev–Trinajstić information content (AvgIpc) is 2.07. The van der Waals surface area contributed by atoms with E-state index >= 15 is 0 Å². The molecule has 1 aromatic rings. The van der Waals surface area contributed by atoms with Crippen molar-refractivity contribution in [2.45, 2.75) is 6.61 Å². The van der Waals surface area contributed by atoms with Gasteiger partial charge in [0.2, 0.25) is 0 Å². The van der Waals surface area contributed by atoms with Crippen LogP contribution in [0.15, 0.2) is 34.5 Å². The van der Waals surface area contributed by atoms with Crippen LogP contribution in [-0.2, 0) is 6.61 Å². The van der Waals surface area contributed by atoms with Crippen molar-refractivity contribution >= 4 is 5.69 Å². The first-order valence-corrected chi connectivity index (χ1v) is 3.36. The minimum Gasteiger partial charge on any atom is -0.392 e. The fraction of sp³-hybridized carbons (Fsp3) is 0.250. The molecule has 0 aliphatic carbocycles. The molecular weight excluding hydrogens is 140 g/mol. The predicted octanol–water partition coefficient (Wildman–Crippen LogP) is 1.89. The van der Waals surface area contributed by atoms with Crippen LogP contribution in [0.3, 0.4) is 0 Å². The first-order chi connectivity index (χ1) is 5.36. The maximum atomic E-state index is 8.70. The van der Waals surface area contributed by atoms with E-state index in [1.54, 1.807) is 7.05 Å². The van der Waals surface area contributed by atoms with Gasteiger partial charge in [-0.3, -0.25) is 0 Å². The number of aliphatic hydroxyl groups excluding tert-OH is 1. The van der Waals surface area contributed by atoms with Crippen LogP contribution in [0.25, 0.3) is 0 Å². The van der Waals surface area contributed by atoms with Crippen LogP contribution in [0.4, 0.5) is 5.69 Å². The van der Waals surface area contributed by atoms with Crippen LogP contribution in [0.2, 0.25) is 0 Å². The number of hydrogen-bond donors (Lipinski definition) is 1. The zero-order chi connectivity index (χ0) is 8.10. The van der Waals surface area contributed by atoms with Gasteiger partial charge in [0, 0.05) is 7.05 Å². The molecule has 0 atom stereocenters. The van der Waals surface area contributed by atoms with E-state index in [2.05, 4.69) is 10.2 Å². The summed E-state index contributed by atoms with van der Waals surface area (Å²) in [5, 5.41) is 16.2. The molecule has 0 fully saturated rings. The molecule has 0 bridgehead atoms. The van der Waals surface area contributed by atoms with Crippen LogP contribution in [0.1, 0.15) is 5.56 Å². The van der Waals surface area contributed by atoms with E-state index in [4.69, 9.17) is 5.11 Å². The fourth-order valence-electron chi connectivity index (χ4n) is 0.783. The Morgan fingerprint density at radius 1 is 1.27 bits per heavy atom. The smallest absolute Gasteiger partial charge is 0.0852 e. The zero-order valence-electron chi connectivity index (χ0n) is 6.36. The first kappa shape index (κ1) is 7.88. The summed E-state index contributed by atoms with van der Waals surface area (Å²) >= 11 is 0. The van der Waals surface area contributed by atoms with Gasteiger partial charge in [0.05, 0.1) is 12.3 Å². The lowest BCUT2D eigenvalue weighted by Gasteiger charge is -1.94. The molecule has 58 valence electrons. The van der Waals surface area contributed by atoms with E-state index < -0.39 is 0 Å². The predicted molar refractivity (Wildman–Crippen MR) is 42.8 cm³/mol. The van der Waals surface area contributed by atoms with Crippen molar-refractivity contribution in [3.8, 4) is 0 Å². The molecule has 1 N–H and O–H groups in total. The van der Waals surface area contributed by atoms with E-state index in [0.29, 0.717) is 0 Å². The third kappa shape index (κ3) is 2.13.